The van der Waals surface area contributed by atoms with Crippen LogP contribution in [-0.4, -0.2) is 18.1 Å². The Kier molecular flexibility index (Phi) is 5.93. The molecule has 0 spiro atoms. The number of hydrogen-bond acceptors (Lipinski definition) is 3. The van der Waals surface area contributed by atoms with E-state index < -0.39 is 0 Å². The van der Waals surface area contributed by atoms with Gasteiger partial charge < -0.3 is 0 Å². The maximum absolute atomic E-state index is 5.22. The van der Waals surface area contributed by atoms with E-state index in [9.17, 15) is 0 Å². The summed E-state index contributed by atoms with van der Waals surface area (Å²) in [6, 6.07) is 0. The van der Waals surface area contributed by atoms with Gasteiger partial charge in [-0.25, -0.2) is 5.01 Å². The summed E-state index contributed by atoms with van der Waals surface area (Å²) in [6.07, 6.45) is 2.29. The Bertz CT molecular complexity index is 50.3. The van der Waals surface area contributed by atoms with E-state index in [1.807, 2.05) is 5.01 Å². The van der Waals surface area contributed by atoms with Crippen LogP contribution in [0.3, 0.4) is 0 Å². The number of rotatable bonds is 5. The summed E-state index contributed by atoms with van der Waals surface area (Å²) in [5.41, 5.74) is 2.64. The zero-order valence-corrected chi connectivity index (χ0v) is 6.35. The van der Waals surface area contributed by atoms with Crippen LogP contribution in [0.2, 0.25) is 0 Å². The summed E-state index contributed by atoms with van der Waals surface area (Å²) in [6.45, 7) is 6.34. The second-order valence-corrected chi connectivity index (χ2v) is 2.12. The van der Waals surface area contributed by atoms with Gasteiger partial charge in [0.15, 0.2) is 0 Å². The lowest BCUT2D eigenvalue weighted by molar-refractivity contribution is 0.190. The highest BCUT2D eigenvalue weighted by Crippen LogP contribution is 1.86. The number of nitrogens with one attached hydrogen (secondary N) is 1. The van der Waals surface area contributed by atoms with Gasteiger partial charge in [-0.05, 0) is 12.8 Å². The molecule has 3 nitrogen and oxygen atoms in total. The first-order valence-electron chi connectivity index (χ1n) is 3.56. The third kappa shape index (κ3) is 4.39. The van der Waals surface area contributed by atoms with Crippen LogP contribution in [0, 0.1) is 0 Å². The lowest BCUT2D eigenvalue weighted by Crippen LogP contribution is -2.43. The van der Waals surface area contributed by atoms with E-state index in [0.29, 0.717) is 0 Å². The lowest BCUT2D eigenvalue weighted by atomic mass is 10.4. The predicted octanol–water partition coefficient (Wildman–Crippen LogP) is 0.487. The highest BCUT2D eigenvalue weighted by atomic mass is 15.6. The number of nitrogens with zero attached hydrogens (tertiary/aromatic N) is 1. The van der Waals surface area contributed by atoms with E-state index in [1.165, 1.54) is 0 Å². The Morgan fingerprint density at radius 3 is 1.89 bits per heavy atom. The molecule has 3 heteroatoms. The lowest BCUT2D eigenvalue weighted by Gasteiger charge is -2.17. The molecular formula is C6H17N3. The second kappa shape index (κ2) is 6.01. The van der Waals surface area contributed by atoms with Gasteiger partial charge in [0.25, 0.3) is 0 Å². The van der Waals surface area contributed by atoms with Crippen LogP contribution < -0.4 is 11.4 Å². The third-order valence-corrected chi connectivity index (χ3v) is 1.17. The van der Waals surface area contributed by atoms with Crippen LogP contribution in [-0.2, 0) is 0 Å². The van der Waals surface area contributed by atoms with Crippen molar-refractivity contribution in [2.75, 3.05) is 13.1 Å². The molecule has 3 N–H and O–H groups in total. The molecule has 0 aromatic heterocycles. The number of hydrazine groups is 2. The van der Waals surface area contributed by atoms with E-state index in [2.05, 4.69) is 19.4 Å². The summed E-state index contributed by atoms with van der Waals surface area (Å²) in [4.78, 5) is 0. The largest absolute Gasteiger partial charge is 0.258 e. The van der Waals surface area contributed by atoms with Gasteiger partial charge in [-0.1, -0.05) is 13.8 Å². The van der Waals surface area contributed by atoms with Crippen molar-refractivity contribution in [2.45, 2.75) is 26.7 Å². The van der Waals surface area contributed by atoms with Crippen molar-refractivity contribution in [1.29, 1.82) is 0 Å². The summed E-state index contributed by atoms with van der Waals surface area (Å²) in [5, 5.41) is 2.01. The van der Waals surface area contributed by atoms with Crippen molar-refractivity contribution in [1.82, 2.24) is 10.5 Å². The Balaban J connectivity index is 3.18. The molecule has 0 fully saturated rings. The summed E-state index contributed by atoms with van der Waals surface area (Å²) >= 11 is 0. The molecule has 0 heterocycles. The first kappa shape index (κ1) is 8.88. The molecule has 0 atom stereocenters. The SMILES string of the molecule is CCCN(CCC)NN. The molecule has 56 valence electrons. The van der Waals surface area contributed by atoms with Crippen molar-refractivity contribution in [3.05, 3.63) is 0 Å². The van der Waals surface area contributed by atoms with Gasteiger partial charge in [-0.3, -0.25) is 5.84 Å². The Hall–Kier alpha value is -0.120. The third-order valence-electron chi connectivity index (χ3n) is 1.17. The van der Waals surface area contributed by atoms with Crippen molar-refractivity contribution in [3.8, 4) is 0 Å². The van der Waals surface area contributed by atoms with Crippen LogP contribution in [0.1, 0.15) is 26.7 Å². The Labute approximate surface area is 57.2 Å². The summed E-state index contributed by atoms with van der Waals surface area (Å²) < 4.78 is 0. The average Bonchev–Trinajstić information content (AvgIpc) is 1.88. The quantitative estimate of drug-likeness (QED) is 0.421. The topological polar surface area (TPSA) is 41.3 Å². The van der Waals surface area contributed by atoms with Crippen molar-refractivity contribution >= 4 is 0 Å². The Morgan fingerprint density at radius 1 is 1.22 bits per heavy atom. The van der Waals surface area contributed by atoms with Crippen LogP contribution in [0.15, 0.2) is 0 Å². The van der Waals surface area contributed by atoms with Crippen LogP contribution >= 0.6 is 0 Å². The molecule has 9 heavy (non-hydrogen) atoms. The fourth-order valence-corrected chi connectivity index (χ4v) is 0.781. The molecule has 0 aromatic carbocycles. The smallest absolute Gasteiger partial charge is 0.0141 e. The van der Waals surface area contributed by atoms with E-state index in [4.69, 9.17) is 5.84 Å². The summed E-state index contributed by atoms with van der Waals surface area (Å²) in [5.74, 6) is 5.22. The van der Waals surface area contributed by atoms with E-state index in [0.717, 1.165) is 25.9 Å². The molecule has 0 aromatic rings. The van der Waals surface area contributed by atoms with Crippen molar-refractivity contribution in [2.24, 2.45) is 5.84 Å². The van der Waals surface area contributed by atoms with Gasteiger partial charge in [0, 0.05) is 13.1 Å². The minimum atomic E-state index is 1.03. The first-order valence-corrected chi connectivity index (χ1v) is 3.56. The van der Waals surface area contributed by atoms with Crippen molar-refractivity contribution in [3.63, 3.8) is 0 Å². The standard InChI is InChI=1S/C6H17N3/c1-3-5-9(8-7)6-4-2/h8H,3-7H2,1-2H3. The number of nitrogens with two attached hydrogens (primary N) is 1. The van der Waals surface area contributed by atoms with Gasteiger partial charge in [-0.15, -0.1) is 0 Å². The fraction of sp³-hybridized carbons (Fsp3) is 1.00. The van der Waals surface area contributed by atoms with E-state index >= 15 is 0 Å². The van der Waals surface area contributed by atoms with Gasteiger partial charge in [-0.2, -0.15) is 5.53 Å². The molecular weight excluding hydrogens is 114 g/mol. The molecule has 0 rings (SSSR count). The van der Waals surface area contributed by atoms with Gasteiger partial charge in [0.1, 0.15) is 0 Å². The molecule has 0 bridgehead atoms. The minimum Gasteiger partial charge on any atom is -0.258 e. The van der Waals surface area contributed by atoms with Crippen LogP contribution in [0.5, 0.6) is 0 Å². The fourth-order valence-electron chi connectivity index (χ4n) is 0.781. The monoisotopic (exact) mass is 131 g/mol. The summed E-state index contributed by atoms with van der Waals surface area (Å²) in [7, 11) is 0. The molecule has 0 unspecified atom stereocenters. The highest BCUT2D eigenvalue weighted by Gasteiger charge is 1.95. The molecule has 0 aliphatic heterocycles. The van der Waals surface area contributed by atoms with E-state index in [1.54, 1.807) is 0 Å². The molecule has 0 amide bonds. The van der Waals surface area contributed by atoms with E-state index in [-0.39, 0.29) is 0 Å². The van der Waals surface area contributed by atoms with Gasteiger partial charge in [0.2, 0.25) is 0 Å². The second-order valence-electron chi connectivity index (χ2n) is 2.12. The van der Waals surface area contributed by atoms with Crippen LogP contribution in [0.25, 0.3) is 0 Å². The molecule has 0 saturated heterocycles. The maximum atomic E-state index is 5.22. The molecule has 0 aliphatic carbocycles. The van der Waals surface area contributed by atoms with Gasteiger partial charge in [0.05, 0.1) is 0 Å². The minimum absolute atomic E-state index is 1.03. The molecule has 0 aliphatic rings. The van der Waals surface area contributed by atoms with Crippen LogP contribution in [0.4, 0.5) is 0 Å². The molecule has 0 saturated carbocycles. The normalized spacial score (nSPS) is 10.7. The molecule has 0 radical (unpaired) electrons. The Morgan fingerprint density at radius 2 is 1.67 bits per heavy atom. The number of hydrogen-bond donors (Lipinski definition) is 2. The zero-order chi connectivity index (χ0) is 7.11. The first-order chi connectivity index (χ1) is 4.35. The van der Waals surface area contributed by atoms with Gasteiger partial charge >= 0.3 is 0 Å². The van der Waals surface area contributed by atoms with Crippen molar-refractivity contribution < 1.29 is 0 Å². The average molecular weight is 131 g/mol. The zero-order valence-electron chi connectivity index (χ0n) is 6.35. The highest BCUT2D eigenvalue weighted by molar-refractivity contribution is 4.44. The predicted molar refractivity (Wildman–Crippen MR) is 39.5 cm³/mol. The maximum Gasteiger partial charge on any atom is 0.0141 e.